The van der Waals surface area contributed by atoms with Crippen LogP contribution in [0.15, 0.2) is 18.2 Å². The average Bonchev–Trinajstić information content (AvgIpc) is 3.34. The number of fused-ring (bicyclic) bond motifs is 2. The van der Waals surface area contributed by atoms with E-state index in [2.05, 4.69) is 10.2 Å². The first-order valence-corrected chi connectivity index (χ1v) is 9.80. The lowest BCUT2D eigenvalue weighted by Crippen LogP contribution is -2.48. The molecule has 8 heteroatoms. The topological polar surface area (TPSA) is 85.9 Å². The summed E-state index contributed by atoms with van der Waals surface area (Å²) in [5, 5.41) is 7.27. The molecule has 1 aromatic heterocycles. The summed E-state index contributed by atoms with van der Waals surface area (Å²) in [5.41, 5.74) is 1.91. The highest BCUT2D eigenvalue weighted by atomic mass is 16.5. The molecule has 2 fully saturated rings. The molecule has 0 spiro atoms. The molecule has 2 aromatic rings. The predicted molar refractivity (Wildman–Crippen MR) is 107 cm³/mol. The number of rotatable bonds is 6. The van der Waals surface area contributed by atoms with Crippen molar-refractivity contribution in [3.63, 3.8) is 0 Å². The number of methoxy groups -OCH3 is 4. The van der Waals surface area contributed by atoms with Crippen molar-refractivity contribution in [3.05, 3.63) is 23.9 Å². The summed E-state index contributed by atoms with van der Waals surface area (Å²) >= 11 is 0. The Bertz CT molecular complexity index is 857. The Balaban J connectivity index is 1.60. The van der Waals surface area contributed by atoms with Crippen molar-refractivity contribution in [1.82, 2.24) is 15.1 Å². The van der Waals surface area contributed by atoms with Gasteiger partial charge in [0.1, 0.15) is 5.69 Å². The van der Waals surface area contributed by atoms with Gasteiger partial charge >= 0.3 is 0 Å². The van der Waals surface area contributed by atoms with Crippen LogP contribution < -0.4 is 14.2 Å². The summed E-state index contributed by atoms with van der Waals surface area (Å²) in [6.07, 6.45) is 4.10. The molecule has 3 heterocycles. The summed E-state index contributed by atoms with van der Waals surface area (Å²) < 4.78 is 21.7. The Hall–Kier alpha value is -2.74. The van der Waals surface area contributed by atoms with Gasteiger partial charge in [0.25, 0.3) is 5.91 Å². The molecule has 2 atom stereocenters. The van der Waals surface area contributed by atoms with Crippen LogP contribution in [-0.2, 0) is 4.74 Å². The van der Waals surface area contributed by atoms with Gasteiger partial charge < -0.3 is 23.8 Å². The number of carbonyl (C=O) groups is 1. The predicted octanol–water partition coefficient (Wildman–Crippen LogP) is 2.88. The highest BCUT2D eigenvalue weighted by Gasteiger charge is 2.44. The standard InChI is InChI=1S/C21H27N3O5/c1-26-15-9-13-5-6-14(10-15)24(13)21(25)17-11-16(22-23-17)12-7-18(27-2)20(29-4)19(8-12)28-3/h7-8,11,13-15H,5-6,9-10H2,1-4H3,(H,22,23). The van der Waals surface area contributed by atoms with E-state index in [-0.39, 0.29) is 24.1 Å². The number of nitrogens with zero attached hydrogens (tertiary/aromatic N) is 2. The highest BCUT2D eigenvalue weighted by Crippen LogP contribution is 2.41. The second kappa shape index (κ2) is 7.94. The van der Waals surface area contributed by atoms with E-state index in [4.69, 9.17) is 18.9 Å². The third kappa shape index (κ3) is 3.42. The maximum absolute atomic E-state index is 13.2. The minimum Gasteiger partial charge on any atom is -0.493 e. The van der Waals surface area contributed by atoms with Gasteiger partial charge in [-0.2, -0.15) is 5.10 Å². The maximum atomic E-state index is 13.2. The second-order valence-electron chi connectivity index (χ2n) is 7.51. The molecule has 4 rings (SSSR count). The van der Waals surface area contributed by atoms with Crippen LogP contribution >= 0.6 is 0 Å². The number of nitrogens with one attached hydrogen (secondary N) is 1. The Morgan fingerprint density at radius 1 is 1.00 bits per heavy atom. The normalized spacial score (nSPS) is 23.2. The van der Waals surface area contributed by atoms with Gasteiger partial charge in [-0.1, -0.05) is 0 Å². The van der Waals surface area contributed by atoms with Crippen molar-refractivity contribution < 1.29 is 23.7 Å². The van der Waals surface area contributed by atoms with Crippen LogP contribution in [0.3, 0.4) is 0 Å². The number of hydrogen-bond donors (Lipinski definition) is 1. The monoisotopic (exact) mass is 401 g/mol. The van der Waals surface area contributed by atoms with E-state index in [9.17, 15) is 4.79 Å². The van der Waals surface area contributed by atoms with E-state index < -0.39 is 0 Å². The number of amides is 1. The van der Waals surface area contributed by atoms with Gasteiger partial charge in [0.15, 0.2) is 11.5 Å². The summed E-state index contributed by atoms with van der Waals surface area (Å²) in [4.78, 5) is 15.2. The Labute approximate surface area is 170 Å². The first-order valence-electron chi connectivity index (χ1n) is 9.80. The zero-order chi connectivity index (χ0) is 20.5. The lowest BCUT2D eigenvalue weighted by atomic mass is 9.99. The molecule has 2 unspecified atom stereocenters. The Kier molecular flexibility index (Phi) is 5.36. The lowest BCUT2D eigenvalue weighted by Gasteiger charge is -2.38. The van der Waals surface area contributed by atoms with Crippen LogP contribution in [0.5, 0.6) is 17.2 Å². The lowest BCUT2D eigenvalue weighted by molar-refractivity contribution is 0.00794. The average molecular weight is 401 g/mol. The number of ether oxygens (including phenoxy) is 4. The summed E-state index contributed by atoms with van der Waals surface area (Å²) in [6, 6.07) is 5.89. The SMILES string of the molecule is COc1cc(-c2cc(C(=O)N3C4CCC3CC(OC)C4)[nH]n2)cc(OC)c1OC. The number of aromatic amines is 1. The Morgan fingerprint density at radius 2 is 1.62 bits per heavy atom. The van der Waals surface area contributed by atoms with Crippen molar-refractivity contribution in [2.24, 2.45) is 0 Å². The quantitative estimate of drug-likeness (QED) is 0.801. The molecule has 29 heavy (non-hydrogen) atoms. The fourth-order valence-electron chi connectivity index (χ4n) is 4.60. The van der Waals surface area contributed by atoms with Gasteiger partial charge in [-0.25, -0.2) is 0 Å². The van der Waals surface area contributed by atoms with Crippen molar-refractivity contribution >= 4 is 5.91 Å². The van der Waals surface area contributed by atoms with Gasteiger partial charge in [0.2, 0.25) is 5.75 Å². The molecule has 2 aliphatic rings. The summed E-state index contributed by atoms with van der Waals surface area (Å²) in [7, 11) is 6.45. The smallest absolute Gasteiger partial charge is 0.272 e. The van der Waals surface area contributed by atoms with Crippen LogP contribution in [-0.4, -0.2) is 67.6 Å². The molecule has 2 bridgehead atoms. The zero-order valence-electron chi connectivity index (χ0n) is 17.2. The largest absolute Gasteiger partial charge is 0.493 e. The molecule has 1 N–H and O–H groups in total. The zero-order valence-corrected chi connectivity index (χ0v) is 17.2. The Morgan fingerprint density at radius 3 is 2.14 bits per heavy atom. The fraction of sp³-hybridized carbons (Fsp3) is 0.524. The minimum atomic E-state index is -0.00163. The molecule has 2 aliphatic heterocycles. The van der Waals surface area contributed by atoms with Crippen molar-refractivity contribution in [1.29, 1.82) is 0 Å². The van der Waals surface area contributed by atoms with Crippen molar-refractivity contribution in [2.75, 3.05) is 28.4 Å². The van der Waals surface area contributed by atoms with Crippen molar-refractivity contribution in [2.45, 2.75) is 43.9 Å². The van der Waals surface area contributed by atoms with Crippen LogP contribution in [0.2, 0.25) is 0 Å². The highest BCUT2D eigenvalue weighted by molar-refractivity contribution is 5.94. The van der Waals surface area contributed by atoms with E-state index in [0.717, 1.165) is 31.2 Å². The number of carbonyl (C=O) groups excluding carboxylic acids is 1. The third-order valence-electron chi connectivity index (χ3n) is 6.03. The number of hydrogen-bond acceptors (Lipinski definition) is 6. The van der Waals surface area contributed by atoms with Gasteiger partial charge in [0, 0.05) is 24.8 Å². The first-order chi connectivity index (χ1) is 14.1. The van der Waals surface area contributed by atoms with E-state index >= 15 is 0 Å². The number of H-pyrrole nitrogens is 1. The summed E-state index contributed by atoms with van der Waals surface area (Å²) in [5.74, 6) is 1.59. The molecule has 0 aliphatic carbocycles. The minimum absolute atomic E-state index is 0.00163. The van der Waals surface area contributed by atoms with E-state index in [1.54, 1.807) is 34.5 Å². The molecular weight excluding hydrogens is 374 g/mol. The van der Waals surface area contributed by atoms with Gasteiger partial charge in [0.05, 0.1) is 33.1 Å². The fourth-order valence-corrected chi connectivity index (χ4v) is 4.60. The number of aromatic nitrogens is 2. The van der Waals surface area contributed by atoms with Crippen LogP contribution in [0, 0.1) is 0 Å². The van der Waals surface area contributed by atoms with Crippen LogP contribution in [0.1, 0.15) is 36.2 Å². The molecular formula is C21H27N3O5. The molecule has 1 amide bonds. The van der Waals surface area contributed by atoms with Gasteiger partial charge in [-0.15, -0.1) is 0 Å². The molecule has 0 saturated carbocycles. The van der Waals surface area contributed by atoms with Crippen molar-refractivity contribution in [3.8, 4) is 28.5 Å². The van der Waals surface area contributed by atoms with E-state index in [0.29, 0.717) is 28.6 Å². The molecule has 0 radical (unpaired) electrons. The second-order valence-corrected chi connectivity index (χ2v) is 7.51. The third-order valence-corrected chi connectivity index (χ3v) is 6.03. The molecule has 1 aromatic carbocycles. The van der Waals surface area contributed by atoms with Gasteiger partial charge in [-0.05, 0) is 43.9 Å². The first kappa shape index (κ1) is 19.6. The van der Waals surface area contributed by atoms with E-state index in [1.165, 1.54) is 0 Å². The number of benzene rings is 1. The molecule has 8 nitrogen and oxygen atoms in total. The van der Waals surface area contributed by atoms with E-state index in [1.807, 2.05) is 17.0 Å². The maximum Gasteiger partial charge on any atom is 0.272 e. The number of piperidine rings is 1. The van der Waals surface area contributed by atoms with Crippen LogP contribution in [0.25, 0.3) is 11.3 Å². The molecule has 2 saturated heterocycles. The summed E-state index contributed by atoms with van der Waals surface area (Å²) in [6.45, 7) is 0. The molecule has 156 valence electrons. The van der Waals surface area contributed by atoms with Crippen LogP contribution in [0.4, 0.5) is 0 Å². The van der Waals surface area contributed by atoms with Gasteiger partial charge in [-0.3, -0.25) is 9.89 Å².